The van der Waals surface area contributed by atoms with Crippen LogP contribution in [0, 0.1) is 0 Å². The molecule has 0 saturated heterocycles. The number of imidazole rings is 1. The third kappa shape index (κ3) is 2.42. The molecular formula is C15H14N2O3. The number of carboxylic acids is 1. The summed E-state index contributed by atoms with van der Waals surface area (Å²) in [6.07, 6.45) is 4.94. The Kier molecular flexibility index (Phi) is 3.25. The van der Waals surface area contributed by atoms with E-state index in [9.17, 15) is 4.79 Å². The lowest BCUT2D eigenvalue weighted by atomic mass is 10.2. The highest BCUT2D eigenvalue weighted by Crippen LogP contribution is 2.15. The maximum absolute atomic E-state index is 10.9. The van der Waals surface area contributed by atoms with Gasteiger partial charge in [0.15, 0.2) is 0 Å². The number of rotatable bonds is 5. The van der Waals surface area contributed by atoms with Gasteiger partial charge in [0.1, 0.15) is 11.6 Å². The molecule has 0 bridgehead atoms. The Bertz CT molecular complexity index is 729. The molecule has 3 heterocycles. The minimum Gasteiger partial charge on any atom is -0.481 e. The number of hydrogen-bond donors (Lipinski definition) is 1. The van der Waals surface area contributed by atoms with E-state index in [0.29, 0.717) is 12.1 Å². The molecule has 0 aliphatic rings. The summed E-state index contributed by atoms with van der Waals surface area (Å²) in [5, 5.41) is 8.95. The predicted octanol–water partition coefficient (Wildman–Crippen LogP) is 2.34. The maximum atomic E-state index is 10.9. The smallest absolute Gasteiger partial charge is 0.309 e. The largest absolute Gasteiger partial charge is 0.481 e. The number of fused-ring (bicyclic) bond motifs is 1. The summed E-state index contributed by atoms with van der Waals surface area (Å²) in [6, 6.07) is 9.47. The first-order valence-electron chi connectivity index (χ1n) is 6.43. The van der Waals surface area contributed by atoms with Crippen LogP contribution in [-0.4, -0.2) is 20.5 Å². The molecule has 0 aliphatic heterocycles. The van der Waals surface area contributed by atoms with Crippen molar-refractivity contribution in [2.45, 2.75) is 19.3 Å². The van der Waals surface area contributed by atoms with Crippen LogP contribution in [0.1, 0.15) is 17.3 Å². The summed E-state index contributed by atoms with van der Waals surface area (Å²) in [6.45, 7) is 0. The standard InChI is InChI=1S/C15H14N2O3/c18-15(19)10-12-13-5-1-2-8-17(13)14(16-12)7-6-11-4-3-9-20-11/h1-5,8-9H,6-7,10H2,(H,18,19). The summed E-state index contributed by atoms with van der Waals surface area (Å²) in [7, 11) is 0. The lowest BCUT2D eigenvalue weighted by molar-refractivity contribution is -0.136. The van der Waals surface area contributed by atoms with Crippen molar-refractivity contribution in [2.24, 2.45) is 0 Å². The van der Waals surface area contributed by atoms with E-state index in [4.69, 9.17) is 9.52 Å². The fourth-order valence-corrected chi connectivity index (χ4v) is 2.31. The van der Waals surface area contributed by atoms with E-state index in [1.807, 2.05) is 40.9 Å². The van der Waals surface area contributed by atoms with Crippen molar-refractivity contribution in [3.63, 3.8) is 0 Å². The topological polar surface area (TPSA) is 67.7 Å². The normalized spacial score (nSPS) is 11.0. The lowest BCUT2D eigenvalue weighted by Crippen LogP contribution is -2.01. The fourth-order valence-electron chi connectivity index (χ4n) is 2.31. The van der Waals surface area contributed by atoms with Crippen LogP contribution >= 0.6 is 0 Å². The minimum atomic E-state index is -0.869. The van der Waals surface area contributed by atoms with E-state index in [1.165, 1.54) is 0 Å². The van der Waals surface area contributed by atoms with Gasteiger partial charge in [0.25, 0.3) is 0 Å². The molecule has 0 radical (unpaired) electrons. The Morgan fingerprint density at radius 2 is 2.15 bits per heavy atom. The van der Waals surface area contributed by atoms with E-state index in [1.54, 1.807) is 6.26 Å². The number of pyridine rings is 1. The quantitative estimate of drug-likeness (QED) is 0.772. The van der Waals surface area contributed by atoms with Gasteiger partial charge in [-0.3, -0.25) is 4.79 Å². The van der Waals surface area contributed by atoms with Crippen LogP contribution in [0.2, 0.25) is 0 Å². The van der Waals surface area contributed by atoms with Gasteiger partial charge in [-0.25, -0.2) is 4.98 Å². The second-order valence-corrected chi connectivity index (χ2v) is 4.58. The molecule has 0 fully saturated rings. The van der Waals surface area contributed by atoms with Crippen molar-refractivity contribution in [2.75, 3.05) is 0 Å². The predicted molar refractivity (Wildman–Crippen MR) is 72.6 cm³/mol. The van der Waals surface area contributed by atoms with Crippen LogP contribution in [0.4, 0.5) is 0 Å². The first kappa shape index (κ1) is 12.5. The molecule has 0 aromatic carbocycles. The van der Waals surface area contributed by atoms with Crippen molar-refractivity contribution >= 4 is 11.5 Å². The van der Waals surface area contributed by atoms with Gasteiger partial charge >= 0.3 is 5.97 Å². The highest BCUT2D eigenvalue weighted by atomic mass is 16.4. The van der Waals surface area contributed by atoms with Crippen LogP contribution in [0.25, 0.3) is 5.52 Å². The van der Waals surface area contributed by atoms with Crippen LogP contribution in [0.15, 0.2) is 47.2 Å². The fraction of sp³-hybridized carbons (Fsp3) is 0.200. The Balaban J connectivity index is 1.91. The first-order valence-corrected chi connectivity index (χ1v) is 6.43. The monoisotopic (exact) mass is 270 g/mol. The third-order valence-electron chi connectivity index (χ3n) is 3.19. The van der Waals surface area contributed by atoms with E-state index < -0.39 is 5.97 Å². The zero-order valence-corrected chi connectivity index (χ0v) is 10.8. The number of aromatic nitrogens is 2. The molecule has 5 nitrogen and oxygen atoms in total. The number of nitrogens with zero attached hydrogens (tertiary/aromatic N) is 2. The van der Waals surface area contributed by atoms with E-state index >= 15 is 0 Å². The number of hydrogen-bond acceptors (Lipinski definition) is 3. The van der Waals surface area contributed by atoms with Gasteiger partial charge in [-0.05, 0) is 24.3 Å². The molecule has 0 aliphatic carbocycles. The molecule has 3 aromatic rings. The average molecular weight is 270 g/mol. The average Bonchev–Trinajstić information content (AvgIpc) is 3.05. The van der Waals surface area contributed by atoms with Gasteiger partial charge in [0.2, 0.25) is 0 Å². The van der Waals surface area contributed by atoms with Gasteiger partial charge in [0, 0.05) is 19.0 Å². The first-order chi connectivity index (χ1) is 9.74. The SMILES string of the molecule is O=C(O)Cc1nc(CCc2ccco2)n2ccccc12. The summed E-state index contributed by atoms with van der Waals surface area (Å²) in [5.41, 5.74) is 1.46. The van der Waals surface area contributed by atoms with E-state index in [2.05, 4.69) is 4.98 Å². The molecule has 0 saturated carbocycles. The van der Waals surface area contributed by atoms with Crippen molar-refractivity contribution in [3.05, 3.63) is 60.1 Å². The highest BCUT2D eigenvalue weighted by molar-refractivity contribution is 5.73. The number of carboxylic acid groups (broad SMARTS) is 1. The Morgan fingerprint density at radius 1 is 1.25 bits per heavy atom. The van der Waals surface area contributed by atoms with Crippen molar-refractivity contribution < 1.29 is 14.3 Å². The number of aryl methyl sites for hydroxylation is 2. The second-order valence-electron chi connectivity index (χ2n) is 4.58. The summed E-state index contributed by atoms with van der Waals surface area (Å²) >= 11 is 0. The Labute approximate surface area is 115 Å². The summed E-state index contributed by atoms with van der Waals surface area (Å²) in [5.74, 6) is 0.886. The van der Waals surface area contributed by atoms with E-state index in [0.717, 1.165) is 23.5 Å². The zero-order valence-electron chi connectivity index (χ0n) is 10.8. The van der Waals surface area contributed by atoms with Gasteiger partial charge < -0.3 is 13.9 Å². The number of carbonyl (C=O) groups is 1. The molecule has 20 heavy (non-hydrogen) atoms. The molecule has 3 rings (SSSR count). The molecule has 0 spiro atoms. The summed E-state index contributed by atoms with van der Waals surface area (Å²) < 4.78 is 7.25. The highest BCUT2D eigenvalue weighted by Gasteiger charge is 2.13. The molecule has 0 unspecified atom stereocenters. The molecule has 1 N–H and O–H groups in total. The van der Waals surface area contributed by atoms with E-state index in [-0.39, 0.29) is 6.42 Å². The van der Waals surface area contributed by atoms with Crippen LogP contribution in [-0.2, 0) is 24.1 Å². The Hall–Kier alpha value is -2.56. The number of furan rings is 1. The minimum absolute atomic E-state index is 0.0612. The van der Waals surface area contributed by atoms with Crippen LogP contribution < -0.4 is 0 Å². The molecule has 5 heteroatoms. The molecule has 0 atom stereocenters. The summed E-state index contributed by atoms with van der Waals surface area (Å²) in [4.78, 5) is 15.4. The third-order valence-corrected chi connectivity index (χ3v) is 3.19. The van der Waals surface area contributed by atoms with Crippen LogP contribution in [0.5, 0.6) is 0 Å². The van der Waals surface area contributed by atoms with Crippen LogP contribution in [0.3, 0.4) is 0 Å². The van der Waals surface area contributed by atoms with Crippen molar-refractivity contribution in [3.8, 4) is 0 Å². The van der Waals surface area contributed by atoms with Crippen molar-refractivity contribution in [1.82, 2.24) is 9.38 Å². The Morgan fingerprint density at radius 3 is 2.90 bits per heavy atom. The lowest BCUT2D eigenvalue weighted by Gasteiger charge is -1.99. The van der Waals surface area contributed by atoms with Gasteiger partial charge in [0.05, 0.1) is 23.9 Å². The molecule has 3 aromatic heterocycles. The van der Waals surface area contributed by atoms with Gasteiger partial charge in [-0.1, -0.05) is 6.07 Å². The molecule has 102 valence electrons. The second kappa shape index (κ2) is 5.21. The molecular weight excluding hydrogens is 256 g/mol. The zero-order chi connectivity index (χ0) is 13.9. The van der Waals surface area contributed by atoms with Gasteiger partial charge in [-0.15, -0.1) is 0 Å². The van der Waals surface area contributed by atoms with Crippen molar-refractivity contribution in [1.29, 1.82) is 0 Å². The maximum Gasteiger partial charge on any atom is 0.309 e. The number of aliphatic carboxylic acids is 1. The molecule has 0 amide bonds. The van der Waals surface area contributed by atoms with Gasteiger partial charge in [-0.2, -0.15) is 0 Å².